The molecule has 1 aliphatic heterocycles. The third kappa shape index (κ3) is 3.23. The maximum absolute atomic E-state index is 12.1. The Bertz CT molecular complexity index is 893. The van der Waals surface area contributed by atoms with E-state index in [4.69, 9.17) is 9.31 Å². The molecule has 0 bridgehead atoms. The molecular weight excluding hydrogens is 341 g/mol. The van der Waals surface area contributed by atoms with Gasteiger partial charge in [0, 0.05) is 34.9 Å². The van der Waals surface area contributed by atoms with Gasteiger partial charge in [-0.05, 0) is 58.4 Å². The van der Waals surface area contributed by atoms with E-state index in [1.54, 1.807) is 6.20 Å². The fraction of sp³-hybridized carbons (Fsp3) is 0.550. The summed E-state index contributed by atoms with van der Waals surface area (Å²) in [6, 6.07) is 1.91. The van der Waals surface area contributed by atoms with Crippen molar-refractivity contribution in [3.63, 3.8) is 0 Å². The molecule has 27 heavy (non-hydrogen) atoms. The first kappa shape index (κ1) is 18.4. The molecule has 6 nitrogen and oxygen atoms in total. The number of carbonyl (C=O) groups is 1. The third-order valence-corrected chi connectivity index (χ3v) is 5.93. The van der Waals surface area contributed by atoms with Crippen LogP contribution in [-0.4, -0.2) is 34.2 Å². The molecule has 0 atom stereocenters. The van der Waals surface area contributed by atoms with Gasteiger partial charge in [0.05, 0.1) is 11.2 Å². The van der Waals surface area contributed by atoms with Crippen LogP contribution in [-0.2, 0) is 20.5 Å². The number of amides is 1. The topological polar surface area (TPSA) is 73.3 Å². The summed E-state index contributed by atoms with van der Waals surface area (Å²) >= 11 is 0. The smallest absolute Gasteiger partial charge is 0.399 e. The van der Waals surface area contributed by atoms with Crippen molar-refractivity contribution in [2.45, 2.75) is 65.1 Å². The summed E-state index contributed by atoms with van der Waals surface area (Å²) in [5.74, 6) is 0.739. The lowest BCUT2D eigenvalue weighted by Crippen LogP contribution is -2.41. The Morgan fingerprint density at radius 1 is 1.15 bits per heavy atom. The van der Waals surface area contributed by atoms with Gasteiger partial charge in [-0.3, -0.25) is 9.78 Å². The van der Waals surface area contributed by atoms with Crippen LogP contribution in [0.25, 0.3) is 10.8 Å². The fourth-order valence-electron chi connectivity index (χ4n) is 3.29. The molecule has 1 saturated heterocycles. The Kier molecular flexibility index (Phi) is 4.27. The second kappa shape index (κ2) is 6.28. The predicted octanol–water partition coefficient (Wildman–Crippen LogP) is 2.84. The van der Waals surface area contributed by atoms with Crippen LogP contribution in [0.4, 0.5) is 5.82 Å². The van der Waals surface area contributed by atoms with Gasteiger partial charge in [0.1, 0.15) is 5.82 Å². The molecule has 7 heteroatoms. The Morgan fingerprint density at radius 3 is 2.41 bits per heavy atom. The Labute approximate surface area is 160 Å². The third-order valence-electron chi connectivity index (χ3n) is 5.93. The van der Waals surface area contributed by atoms with Crippen LogP contribution in [0.5, 0.6) is 0 Å². The number of hydrogen-bond acceptors (Lipinski definition) is 5. The second-order valence-corrected chi connectivity index (χ2v) is 8.48. The predicted molar refractivity (Wildman–Crippen MR) is 106 cm³/mol. The molecular formula is C20H26BN3O3. The second-order valence-electron chi connectivity index (χ2n) is 8.48. The molecule has 0 radical (unpaired) electrons. The van der Waals surface area contributed by atoms with Crippen molar-refractivity contribution in [1.82, 2.24) is 9.97 Å². The lowest BCUT2D eigenvalue weighted by atomic mass is 9.77. The molecule has 1 saturated carbocycles. The van der Waals surface area contributed by atoms with Crippen LogP contribution in [0.1, 0.15) is 53.2 Å². The summed E-state index contributed by atoms with van der Waals surface area (Å²) in [4.78, 5) is 21.2. The Morgan fingerprint density at radius 2 is 1.81 bits per heavy atom. The van der Waals surface area contributed by atoms with Crippen LogP contribution >= 0.6 is 0 Å². The average Bonchev–Trinajstić information content (AvgIpc) is 3.41. The van der Waals surface area contributed by atoms with Crippen LogP contribution in [0.2, 0.25) is 0 Å². The minimum absolute atomic E-state index is 0.0452. The van der Waals surface area contributed by atoms with Crippen LogP contribution in [0.3, 0.4) is 0 Å². The molecule has 0 aromatic carbocycles. The normalized spacial score (nSPS) is 20.9. The van der Waals surface area contributed by atoms with Gasteiger partial charge in [0.2, 0.25) is 5.91 Å². The van der Waals surface area contributed by atoms with E-state index in [2.05, 4.69) is 22.2 Å². The van der Waals surface area contributed by atoms with E-state index in [1.165, 1.54) is 0 Å². The van der Waals surface area contributed by atoms with Crippen molar-refractivity contribution in [2.24, 2.45) is 5.92 Å². The van der Waals surface area contributed by atoms with E-state index in [9.17, 15) is 4.79 Å². The van der Waals surface area contributed by atoms with Crippen molar-refractivity contribution in [1.29, 1.82) is 0 Å². The Balaban J connectivity index is 1.76. The van der Waals surface area contributed by atoms with E-state index in [1.807, 2.05) is 40.0 Å². The molecule has 1 amide bonds. The SMILES string of the molecule is CCc1ncc(B2OC(C)(C)C(C)(C)O2)c2cc(NC(=O)C3CC3)ncc12. The number of hydrogen-bond donors (Lipinski definition) is 1. The van der Waals surface area contributed by atoms with Gasteiger partial charge >= 0.3 is 7.12 Å². The largest absolute Gasteiger partial charge is 0.497 e. The van der Waals surface area contributed by atoms with Gasteiger partial charge < -0.3 is 14.6 Å². The first-order valence-electron chi connectivity index (χ1n) is 9.66. The summed E-state index contributed by atoms with van der Waals surface area (Å²) in [5.41, 5.74) is 0.982. The minimum atomic E-state index is -0.509. The molecule has 2 aromatic rings. The monoisotopic (exact) mass is 367 g/mol. The molecule has 4 rings (SSSR count). The van der Waals surface area contributed by atoms with Crippen LogP contribution in [0, 0.1) is 5.92 Å². The number of rotatable bonds is 4. The molecule has 1 aliphatic carbocycles. The van der Waals surface area contributed by atoms with E-state index in [0.29, 0.717) is 5.82 Å². The van der Waals surface area contributed by atoms with E-state index < -0.39 is 18.3 Å². The lowest BCUT2D eigenvalue weighted by Gasteiger charge is -2.32. The van der Waals surface area contributed by atoms with Crippen molar-refractivity contribution >= 4 is 35.1 Å². The van der Waals surface area contributed by atoms with Gasteiger partial charge in [0.15, 0.2) is 0 Å². The molecule has 0 unspecified atom stereocenters. The lowest BCUT2D eigenvalue weighted by molar-refractivity contribution is -0.117. The summed E-state index contributed by atoms with van der Waals surface area (Å²) in [5, 5.41) is 4.86. The molecule has 3 heterocycles. The molecule has 2 aliphatic rings. The minimum Gasteiger partial charge on any atom is -0.399 e. The van der Waals surface area contributed by atoms with Crippen molar-refractivity contribution in [2.75, 3.05) is 5.32 Å². The van der Waals surface area contributed by atoms with E-state index in [-0.39, 0.29) is 11.8 Å². The molecule has 0 spiro atoms. The number of anilines is 1. The number of aromatic nitrogens is 2. The van der Waals surface area contributed by atoms with Crippen molar-refractivity contribution in [3.05, 3.63) is 24.2 Å². The molecule has 2 aromatic heterocycles. The van der Waals surface area contributed by atoms with E-state index in [0.717, 1.165) is 41.2 Å². The summed E-state index contributed by atoms with van der Waals surface area (Å²) < 4.78 is 12.5. The number of carbonyl (C=O) groups excluding carboxylic acids is 1. The number of aryl methyl sites for hydroxylation is 1. The Hall–Kier alpha value is -1.99. The highest BCUT2D eigenvalue weighted by molar-refractivity contribution is 6.65. The van der Waals surface area contributed by atoms with Crippen molar-refractivity contribution < 1.29 is 14.1 Å². The number of nitrogens with zero attached hydrogens (tertiary/aromatic N) is 2. The van der Waals surface area contributed by atoms with Gasteiger partial charge in [0.25, 0.3) is 0 Å². The van der Waals surface area contributed by atoms with Gasteiger partial charge in [-0.15, -0.1) is 0 Å². The van der Waals surface area contributed by atoms with Crippen LogP contribution in [0.15, 0.2) is 18.5 Å². The van der Waals surface area contributed by atoms with Gasteiger partial charge in [-0.2, -0.15) is 0 Å². The summed E-state index contributed by atoms with van der Waals surface area (Å²) in [6.07, 6.45) is 6.34. The van der Waals surface area contributed by atoms with Gasteiger partial charge in [-0.25, -0.2) is 4.98 Å². The zero-order valence-electron chi connectivity index (χ0n) is 16.6. The van der Waals surface area contributed by atoms with Crippen LogP contribution < -0.4 is 10.8 Å². The molecule has 142 valence electrons. The average molecular weight is 367 g/mol. The standard InChI is InChI=1S/C20H26BN3O3/c1-6-16-14-10-23-17(24-18(25)12-7-8-12)9-13(14)15(11-22-16)21-26-19(2,3)20(4,5)27-21/h9-12H,6-8H2,1-5H3,(H,23,24,25). The molecule has 2 fully saturated rings. The summed E-state index contributed by atoms with van der Waals surface area (Å²) in [7, 11) is -0.509. The first-order valence-corrected chi connectivity index (χ1v) is 9.66. The maximum atomic E-state index is 12.1. The van der Waals surface area contributed by atoms with Gasteiger partial charge in [-0.1, -0.05) is 6.92 Å². The zero-order chi connectivity index (χ0) is 19.4. The zero-order valence-corrected chi connectivity index (χ0v) is 16.6. The maximum Gasteiger partial charge on any atom is 0.497 e. The van der Waals surface area contributed by atoms with Crippen molar-refractivity contribution in [3.8, 4) is 0 Å². The first-order chi connectivity index (χ1) is 12.7. The summed E-state index contributed by atoms with van der Waals surface area (Å²) in [6.45, 7) is 10.2. The quantitative estimate of drug-likeness (QED) is 0.842. The van der Waals surface area contributed by atoms with E-state index >= 15 is 0 Å². The number of pyridine rings is 2. The highest BCUT2D eigenvalue weighted by Gasteiger charge is 2.52. The highest BCUT2D eigenvalue weighted by Crippen LogP contribution is 2.37. The fourth-order valence-corrected chi connectivity index (χ4v) is 3.29. The highest BCUT2D eigenvalue weighted by atomic mass is 16.7. The molecule has 1 N–H and O–H groups in total. The number of fused-ring (bicyclic) bond motifs is 1. The number of nitrogens with one attached hydrogen (secondary N) is 1.